The summed E-state index contributed by atoms with van der Waals surface area (Å²) < 4.78 is 22.6. The first-order valence-corrected chi connectivity index (χ1v) is 10.1. The lowest BCUT2D eigenvalue weighted by molar-refractivity contribution is -0.111. The Morgan fingerprint density at radius 2 is 1.70 bits per heavy atom. The van der Waals surface area contributed by atoms with Gasteiger partial charge in [0.1, 0.15) is 5.56 Å². The Hall–Kier alpha value is -4.27. The number of ether oxygens (including phenoxy) is 4. The summed E-state index contributed by atoms with van der Waals surface area (Å²) in [5.74, 6) is 0.537. The number of anilines is 1. The maximum absolute atomic E-state index is 12.8. The van der Waals surface area contributed by atoms with Crippen LogP contribution in [0.15, 0.2) is 54.7 Å². The summed E-state index contributed by atoms with van der Waals surface area (Å²) in [7, 11) is 4.54. The number of methoxy groups -OCH3 is 3. The SMILES string of the molecule is CCOC(=O)c1cnn(-c2ccccc2)c1NC(=O)/C=C/c1cc(OC)c(OC)c(OC)c1. The van der Waals surface area contributed by atoms with Crippen LogP contribution in [0.25, 0.3) is 11.8 Å². The van der Waals surface area contributed by atoms with E-state index in [9.17, 15) is 9.59 Å². The lowest BCUT2D eigenvalue weighted by Gasteiger charge is -2.13. The van der Waals surface area contributed by atoms with Crippen molar-refractivity contribution in [2.75, 3.05) is 33.3 Å². The maximum Gasteiger partial charge on any atom is 0.343 e. The topological polar surface area (TPSA) is 101 Å². The van der Waals surface area contributed by atoms with E-state index >= 15 is 0 Å². The zero-order chi connectivity index (χ0) is 23.8. The third-order valence-corrected chi connectivity index (χ3v) is 4.62. The van der Waals surface area contributed by atoms with Gasteiger partial charge in [-0.15, -0.1) is 0 Å². The average molecular weight is 451 g/mol. The van der Waals surface area contributed by atoms with Crippen molar-refractivity contribution in [1.29, 1.82) is 0 Å². The zero-order valence-electron chi connectivity index (χ0n) is 18.8. The quantitative estimate of drug-likeness (QED) is 0.391. The fourth-order valence-electron chi connectivity index (χ4n) is 3.12. The Balaban J connectivity index is 1.90. The molecule has 2 aromatic carbocycles. The van der Waals surface area contributed by atoms with Gasteiger partial charge in [0.2, 0.25) is 11.7 Å². The molecule has 33 heavy (non-hydrogen) atoms. The van der Waals surface area contributed by atoms with Gasteiger partial charge in [-0.1, -0.05) is 18.2 Å². The first-order valence-electron chi connectivity index (χ1n) is 10.1. The van der Waals surface area contributed by atoms with Crippen molar-refractivity contribution in [3.8, 4) is 22.9 Å². The molecule has 1 amide bonds. The summed E-state index contributed by atoms with van der Waals surface area (Å²) in [5.41, 5.74) is 1.48. The van der Waals surface area contributed by atoms with E-state index in [0.717, 1.165) is 0 Å². The summed E-state index contributed by atoms with van der Waals surface area (Å²) >= 11 is 0. The molecule has 0 saturated heterocycles. The number of benzene rings is 2. The highest BCUT2D eigenvalue weighted by atomic mass is 16.5. The van der Waals surface area contributed by atoms with E-state index < -0.39 is 11.9 Å². The van der Waals surface area contributed by atoms with Gasteiger partial charge in [-0.05, 0) is 42.8 Å². The molecule has 3 rings (SSSR count). The Labute approximate surface area is 191 Å². The number of para-hydroxylation sites is 1. The van der Waals surface area contributed by atoms with Crippen LogP contribution in [0.3, 0.4) is 0 Å². The summed E-state index contributed by atoms with van der Waals surface area (Å²) in [6, 6.07) is 12.6. The molecule has 9 heteroatoms. The number of hydrogen-bond acceptors (Lipinski definition) is 7. The van der Waals surface area contributed by atoms with Gasteiger partial charge in [0.25, 0.3) is 0 Å². The van der Waals surface area contributed by atoms with Crippen molar-refractivity contribution in [1.82, 2.24) is 9.78 Å². The molecule has 0 aliphatic carbocycles. The highest BCUT2D eigenvalue weighted by molar-refractivity contribution is 6.05. The number of hydrogen-bond donors (Lipinski definition) is 1. The predicted molar refractivity (Wildman–Crippen MR) is 123 cm³/mol. The van der Waals surface area contributed by atoms with Gasteiger partial charge < -0.3 is 24.3 Å². The second-order valence-electron chi connectivity index (χ2n) is 6.66. The smallest absolute Gasteiger partial charge is 0.343 e. The van der Waals surface area contributed by atoms with E-state index in [2.05, 4.69) is 10.4 Å². The van der Waals surface area contributed by atoms with Crippen LogP contribution < -0.4 is 19.5 Å². The minimum atomic E-state index is -0.580. The van der Waals surface area contributed by atoms with E-state index in [1.54, 1.807) is 25.1 Å². The fraction of sp³-hybridized carbons (Fsp3) is 0.208. The van der Waals surface area contributed by atoms with Gasteiger partial charge in [0.05, 0.1) is 39.8 Å². The molecule has 0 fully saturated rings. The lowest BCUT2D eigenvalue weighted by atomic mass is 10.1. The first kappa shape index (κ1) is 23.4. The van der Waals surface area contributed by atoms with E-state index in [1.807, 2.05) is 30.3 Å². The van der Waals surface area contributed by atoms with Crippen molar-refractivity contribution in [3.05, 3.63) is 65.9 Å². The predicted octanol–water partition coefficient (Wildman–Crippen LogP) is 3.73. The van der Waals surface area contributed by atoms with Crippen LogP contribution in [0.4, 0.5) is 5.82 Å². The van der Waals surface area contributed by atoms with Crippen LogP contribution in [-0.4, -0.2) is 49.6 Å². The van der Waals surface area contributed by atoms with E-state index in [4.69, 9.17) is 18.9 Å². The molecular weight excluding hydrogens is 426 g/mol. The van der Waals surface area contributed by atoms with Crippen LogP contribution in [0, 0.1) is 0 Å². The summed E-state index contributed by atoms with van der Waals surface area (Å²) in [6.45, 7) is 1.90. The minimum absolute atomic E-state index is 0.148. The second kappa shape index (κ2) is 10.9. The van der Waals surface area contributed by atoms with Crippen molar-refractivity contribution >= 4 is 23.8 Å². The molecule has 0 bridgehead atoms. The zero-order valence-corrected chi connectivity index (χ0v) is 18.8. The normalized spacial score (nSPS) is 10.7. The van der Waals surface area contributed by atoms with E-state index in [-0.39, 0.29) is 18.0 Å². The molecule has 0 radical (unpaired) electrons. The van der Waals surface area contributed by atoms with Gasteiger partial charge >= 0.3 is 5.97 Å². The van der Waals surface area contributed by atoms with Crippen molar-refractivity contribution in [2.24, 2.45) is 0 Å². The molecule has 0 saturated carbocycles. The standard InChI is InChI=1S/C24H25N3O6/c1-5-33-24(29)18-15-25-27(17-9-7-6-8-10-17)23(18)26-21(28)12-11-16-13-19(30-2)22(32-4)20(14-16)31-3/h6-15H,5H2,1-4H3,(H,26,28)/b12-11+. The number of aromatic nitrogens is 2. The second-order valence-corrected chi connectivity index (χ2v) is 6.66. The van der Waals surface area contributed by atoms with E-state index in [0.29, 0.717) is 28.5 Å². The average Bonchev–Trinajstić information content (AvgIpc) is 3.26. The summed E-state index contributed by atoms with van der Waals surface area (Å²) in [6.07, 6.45) is 4.29. The molecule has 0 atom stereocenters. The van der Waals surface area contributed by atoms with Gasteiger partial charge in [0.15, 0.2) is 17.3 Å². The molecule has 0 spiro atoms. The third kappa shape index (κ3) is 5.32. The molecule has 1 N–H and O–H groups in total. The molecule has 0 aliphatic rings. The first-order chi connectivity index (χ1) is 16.0. The fourth-order valence-corrected chi connectivity index (χ4v) is 3.12. The molecule has 0 aliphatic heterocycles. The molecular formula is C24H25N3O6. The van der Waals surface area contributed by atoms with Crippen LogP contribution in [0.1, 0.15) is 22.8 Å². The Bertz CT molecular complexity index is 1130. The van der Waals surface area contributed by atoms with Crippen LogP contribution in [0.2, 0.25) is 0 Å². The van der Waals surface area contributed by atoms with E-state index in [1.165, 1.54) is 38.3 Å². The number of carbonyl (C=O) groups is 2. The van der Waals surface area contributed by atoms with Crippen LogP contribution in [0.5, 0.6) is 17.2 Å². The highest BCUT2D eigenvalue weighted by Gasteiger charge is 2.21. The highest BCUT2D eigenvalue weighted by Crippen LogP contribution is 2.38. The summed E-state index contributed by atoms with van der Waals surface area (Å²) in [5, 5.41) is 6.99. The van der Waals surface area contributed by atoms with Gasteiger partial charge in [-0.3, -0.25) is 4.79 Å². The van der Waals surface area contributed by atoms with Crippen molar-refractivity contribution in [3.63, 3.8) is 0 Å². The number of rotatable bonds is 9. The Kier molecular flexibility index (Phi) is 7.69. The molecule has 9 nitrogen and oxygen atoms in total. The molecule has 1 heterocycles. The molecule has 1 aromatic heterocycles. The minimum Gasteiger partial charge on any atom is -0.493 e. The maximum atomic E-state index is 12.8. The monoisotopic (exact) mass is 451 g/mol. The third-order valence-electron chi connectivity index (χ3n) is 4.62. The number of nitrogens with zero attached hydrogens (tertiary/aromatic N) is 2. The number of esters is 1. The Morgan fingerprint density at radius 3 is 2.27 bits per heavy atom. The van der Waals surface area contributed by atoms with Gasteiger partial charge in [-0.25, -0.2) is 9.48 Å². The number of carbonyl (C=O) groups excluding carboxylic acids is 2. The van der Waals surface area contributed by atoms with Crippen molar-refractivity contribution < 1.29 is 28.5 Å². The molecule has 3 aromatic rings. The van der Waals surface area contributed by atoms with Crippen molar-refractivity contribution in [2.45, 2.75) is 6.92 Å². The van der Waals surface area contributed by atoms with Gasteiger partial charge in [0, 0.05) is 6.08 Å². The molecule has 172 valence electrons. The number of amides is 1. The van der Waals surface area contributed by atoms with Crippen LogP contribution in [-0.2, 0) is 9.53 Å². The molecule has 0 unspecified atom stereocenters. The number of nitrogens with one attached hydrogen (secondary N) is 1. The summed E-state index contributed by atoms with van der Waals surface area (Å²) in [4.78, 5) is 25.1. The lowest BCUT2D eigenvalue weighted by Crippen LogP contribution is -2.16. The van der Waals surface area contributed by atoms with Gasteiger partial charge in [-0.2, -0.15) is 5.10 Å². The largest absolute Gasteiger partial charge is 0.493 e. The van der Waals surface area contributed by atoms with Crippen LogP contribution >= 0.6 is 0 Å². The Morgan fingerprint density at radius 1 is 1.03 bits per heavy atom.